The van der Waals surface area contributed by atoms with Crippen molar-refractivity contribution in [2.45, 2.75) is 13.5 Å². The predicted octanol–water partition coefficient (Wildman–Crippen LogP) is 0.882. The largest absolute Gasteiger partial charge is 0.298 e. The van der Waals surface area contributed by atoms with Crippen molar-refractivity contribution < 1.29 is 0 Å². The molecule has 0 aliphatic heterocycles. The molecule has 3 aromatic rings. The van der Waals surface area contributed by atoms with Gasteiger partial charge in [0.25, 0.3) is 5.56 Å². The Labute approximate surface area is 109 Å². The summed E-state index contributed by atoms with van der Waals surface area (Å²) in [5.74, 6) is 0. The van der Waals surface area contributed by atoms with Crippen LogP contribution in [0.1, 0.15) is 11.3 Å². The lowest BCUT2D eigenvalue weighted by Gasteiger charge is -2.02. The molecule has 0 bridgehead atoms. The second kappa shape index (κ2) is 4.31. The molecule has 0 atom stereocenters. The quantitative estimate of drug-likeness (QED) is 0.682. The number of hydrogen-bond donors (Lipinski definition) is 0. The molecule has 0 saturated carbocycles. The molecule has 2 heterocycles. The molecule has 1 aromatic carbocycles. The minimum atomic E-state index is -0.211. The third-order valence-electron chi connectivity index (χ3n) is 3.17. The Kier molecular flexibility index (Phi) is 2.63. The SMILES string of the molecule is Cc1c2nnn(Cc3ccccc3)c(=O)c2nn1C. The Hall–Kier alpha value is -2.50. The molecule has 96 valence electrons. The van der Waals surface area contributed by atoms with Gasteiger partial charge in [-0.2, -0.15) is 5.10 Å². The van der Waals surface area contributed by atoms with Crippen molar-refractivity contribution in [3.05, 3.63) is 51.9 Å². The van der Waals surface area contributed by atoms with Gasteiger partial charge in [-0.3, -0.25) is 9.48 Å². The highest BCUT2D eigenvalue weighted by Gasteiger charge is 2.13. The number of rotatable bonds is 2. The van der Waals surface area contributed by atoms with Gasteiger partial charge in [0.2, 0.25) is 0 Å². The zero-order valence-electron chi connectivity index (χ0n) is 10.7. The fourth-order valence-electron chi connectivity index (χ4n) is 1.98. The van der Waals surface area contributed by atoms with Crippen LogP contribution in [-0.4, -0.2) is 24.8 Å². The average Bonchev–Trinajstić information content (AvgIpc) is 2.71. The smallest absolute Gasteiger partial charge is 0.270 e. The highest BCUT2D eigenvalue weighted by molar-refractivity contribution is 5.74. The normalized spacial score (nSPS) is 11.1. The molecular weight excluding hydrogens is 242 g/mol. The lowest BCUT2D eigenvalue weighted by molar-refractivity contribution is 0.599. The lowest BCUT2D eigenvalue weighted by atomic mass is 10.2. The summed E-state index contributed by atoms with van der Waals surface area (Å²) in [7, 11) is 1.79. The van der Waals surface area contributed by atoms with Gasteiger partial charge in [0.15, 0.2) is 5.52 Å². The third-order valence-corrected chi connectivity index (χ3v) is 3.17. The van der Waals surface area contributed by atoms with E-state index in [9.17, 15) is 4.79 Å². The molecule has 19 heavy (non-hydrogen) atoms. The van der Waals surface area contributed by atoms with Crippen LogP contribution in [-0.2, 0) is 13.6 Å². The average molecular weight is 255 g/mol. The highest BCUT2D eigenvalue weighted by atomic mass is 16.1. The number of benzene rings is 1. The summed E-state index contributed by atoms with van der Waals surface area (Å²) >= 11 is 0. The first kappa shape index (κ1) is 11.6. The van der Waals surface area contributed by atoms with Crippen molar-refractivity contribution in [3.8, 4) is 0 Å². The maximum atomic E-state index is 12.3. The molecule has 0 saturated heterocycles. The molecule has 0 aliphatic rings. The third kappa shape index (κ3) is 1.91. The van der Waals surface area contributed by atoms with Gasteiger partial charge in [0.05, 0.1) is 12.2 Å². The fraction of sp³-hybridized carbons (Fsp3) is 0.231. The van der Waals surface area contributed by atoms with E-state index in [1.165, 1.54) is 4.68 Å². The van der Waals surface area contributed by atoms with Gasteiger partial charge in [-0.05, 0) is 12.5 Å². The second-order valence-electron chi connectivity index (χ2n) is 4.44. The zero-order chi connectivity index (χ0) is 13.4. The van der Waals surface area contributed by atoms with Crippen molar-refractivity contribution in [3.63, 3.8) is 0 Å². The van der Waals surface area contributed by atoms with Crippen LogP contribution in [0.2, 0.25) is 0 Å². The Bertz CT molecular complexity index is 788. The molecule has 0 unspecified atom stereocenters. The minimum absolute atomic E-state index is 0.211. The van der Waals surface area contributed by atoms with Gasteiger partial charge < -0.3 is 0 Å². The zero-order valence-corrected chi connectivity index (χ0v) is 10.7. The van der Waals surface area contributed by atoms with Crippen molar-refractivity contribution in [2.24, 2.45) is 7.05 Å². The number of aromatic nitrogens is 5. The Morgan fingerprint density at radius 1 is 1.16 bits per heavy atom. The summed E-state index contributed by atoms with van der Waals surface area (Å²) in [5.41, 5.74) is 2.57. The van der Waals surface area contributed by atoms with Gasteiger partial charge in [-0.25, -0.2) is 4.68 Å². The molecular formula is C13H13N5O. The van der Waals surface area contributed by atoms with Gasteiger partial charge in [0, 0.05) is 7.05 Å². The van der Waals surface area contributed by atoms with Crippen molar-refractivity contribution >= 4 is 11.0 Å². The number of fused-ring (bicyclic) bond motifs is 1. The first-order valence-corrected chi connectivity index (χ1v) is 5.98. The second-order valence-corrected chi connectivity index (χ2v) is 4.44. The molecule has 2 aromatic heterocycles. The molecule has 0 spiro atoms. The fourth-order valence-corrected chi connectivity index (χ4v) is 1.98. The Balaban J connectivity index is 2.11. The van der Waals surface area contributed by atoms with Crippen LogP contribution in [0.25, 0.3) is 11.0 Å². The molecule has 0 amide bonds. The standard InChI is InChI=1S/C13H13N5O/c1-9-11-12(15-17(9)2)13(19)18(16-14-11)8-10-6-4-3-5-7-10/h3-7H,8H2,1-2H3. The number of aryl methyl sites for hydroxylation is 2. The maximum absolute atomic E-state index is 12.3. The van der Waals surface area contributed by atoms with Gasteiger partial charge in [0.1, 0.15) is 5.52 Å². The minimum Gasteiger partial charge on any atom is -0.270 e. The first-order valence-electron chi connectivity index (χ1n) is 5.98. The predicted molar refractivity (Wildman–Crippen MR) is 70.8 cm³/mol. The van der Waals surface area contributed by atoms with E-state index in [0.29, 0.717) is 17.6 Å². The Morgan fingerprint density at radius 3 is 2.63 bits per heavy atom. The van der Waals surface area contributed by atoms with Crippen LogP contribution < -0.4 is 5.56 Å². The Morgan fingerprint density at radius 2 is 1.89 bits per heavy atom. The highest BCUT2D eigenvalue weighted by Crippen LogP contribution is 2.09. The van der Waals surface area contributed by atoms with Gasteiger partial charge in [-0.1, -0.05) is 35.5 Å². The summed E-state index contributed by atoms with van der Waals surface area (Å²) in [4.78, 5) is 12.3. The van der Waals surface area contributed by atoms with Crippen molar-refractivity contribution in [1.82, 2.24) is 24.8 Å². The van der Waals surface area contributed by atoms with Crippen LogP contribution in [0.3, 0.4) is 0 Å². The molecule has 0 aliphatic carbocycles. The lowest BCUT2D eigenvalue weighted by Crippen LogP contribution is -2.24. The van der Waals surface area contributed by atoms with Gasteiger partial charge in [-0.15, -0.1) is 5.10 Å². The van der Waals surface area contributed by atoms with Crippen molar-refractivity contribution in [1.29, 1.82) is 0 Å². The summed E-state index contributed by atoms with van der Waals surface area (Å²) in [6, 6.07) is 9.68. The van der Waals surface area contributed by atoms with E-state index >= 15 is 0 Å². The molecule has 3 rings (SSSR count). The number of nitrogens with zero attached hydrogens (tertiary/aromatic N) is 5. The van der Waals surface area contributed by atoms with E-state index in [-0.39, 0.29) is 5.56 Å². The van der Waals surface area contributed by atoms with E-state index in [4.69, 9.17) is 0 Å². The first-order chi connectivity index (χ1) is 9.16. The monoisotopic (exact) mass is 255 g/mol. The van der Waals surface area contributed by atoms with Gasteiger partial charge >= 0.3 is 0 Å². The summed E-state index contributed by atoms with van der Waals surface area (Å²) in [5, 5.41) is 12.3. The molecule has 6 nitrogen and oxygen atoms in total. The molecule has 0 radical (unpaired) electrons. The van der Waals surface area contributed by atoms with Crippen LogP contribution in [0.4, 0.5) is 0 Å². The molecule has 6 heteroatoms. The molecule has 0 N–H and O–H groups in total. The molecule has 0 fully saturated rings. The summed E-state index contributed by atoms with van der Waals surface area (Å²) in [6.45, 7) is 2.27. The summed E-state index contributed by atoms with van der Waals surface area (Å²) in [6.07, 6.45) is 0. The number of hydrogen-bond acceptors (Lipinski definition) is 4. The van der Waals surface area contributed by atoms with Crippen LogP contribution in [0.5, 0.6) is 0 Å². The van der Waals surface area contributed by atoms with E-state index in [2.05, 4.69) is 15.4 Å². The van der Waals surface area contributed by atoms with Crippen LogP contribution in [0, 0.1) is 6.92 Å². The van der Waals surface area contributed by atoms with Crippen LogP contribution in [0.15, 0.2) is 35.1 Å². The van der Waals surface area contributed by atoms with E-state index in [1.54, 1.807) is 11.7 Å². The van der Waals surface area contributed by atoms with Crippen molar-refractivity contribution in [2.75, 3.05) is 0 Å². The summed E-state index contributed by atoms with van der Waals surface area (Å²) < 4.78 is 2.98. The van der Waals surface area contributed by atoms with Crippen LogP contribution >= 0.6 is 0 Å². The van der Waals surface area contributed by atoms with E-state index in [1.807, 2.05) is 37.3 Å². The van der Waals surface area contributed by atoms with E-state index in [0.717, 1.165) is 11.3 Å². The topological polar surface area (TPSA) is 65.6 Å². The maximum Gasteiger partial charge on any atom is 0.298 e. The van der Waals surface area contributed by atoms with E-state index < -0.39 is 0 Å².